The summed E-state index contributed by atoms with van der Waals surface area (Å²) in [5, 5.41) is 11.8. The number of carbonyl (C=O) groups excluding carboxylic acids is 1. The fourth-order valence-corrected chi connectivity index (χ4v) is 0.967. The van der Waals surface area contributed by atoms with E-state index in [-0.39, 0.29) is 6.61 Å². The van der Waals surface area contributed by atoms with E-state index in [0.29, 0.717) is 0 Å². The topological polar surface area (TPSA) is 49.3 Å². The highest BCUT2D eigenvalue weighted by Crippen LogP contribution is 2.03. The molecule has 0 radical (unpaired) electrons. The molecule has 0 bridgehead atoms. The highest BCUT2D eigenvalue weighted by atomic mass is 16.3. The summed E-state index contributed by atoms with van der Waals surface area (Å²) in [7, 11) is 1.92. The van der Waals surface area contributed by atoms with Gasteiger partial charge in [0.05, 0.1) is 6.61 Å². The molecule has 1 rings (SSSR count). The van der Waals surface area contributed by atoms with Gasteiger partial charge < -0.3 is 15.2 Å². The summed E-state index contributed by atoms with van der Waals surface area (Å²) < 4.78 is 0. The van der Waals surface area contributed by atoms with Crippen molar-refractivity contribution < 1.29 is 9.90 Å². The van der Waals surface area contributed by atoms with Gasteiger partial charge in [-0.05, 0) is 18.2 Å². The third-order valence-corrected chi connectivity index (χ3v) is 1.59. The van der Waals surface area contributed by atoms with Crippen LogP contribution >= 0.6 is 0 Å². The summed E-state index contributed by atoms with van der Waals surface area (Å²) >= 11 is 0. The number of nitrogens with one attached hydrogen (secondary N) is 1. The number of carbonyl (C=O) groups is 1. The Balaban J connectivity index is 0. The van der Waals surface area contributed by atoms with Crippen molar-refractivity contribution in [2.75, 3.05) is 7.05 Å². The number of aliphatic hydroxyl groups is 1. The minimum Gasteiger partial charge on any atom is -0.392 e. The van der Waals surface area contributed by atoms with Gasteiger partial charge in [0.2, 0.25) is 0 Å². The molecule has 0 fully saturated rings. The molecule has 0 amide bonds. The van der Waals surface area contributed by atoms with Crippen LogP contribution in [0.2, 0.25) is 0 Å². The maximum atomic E-state index is 8.74. The first-order valence-electron chi connectivity index (χ1n) is 4.99. The second kappa shape index (κ2) is 12.8. The molecule has 3 heteroatoms. The average molecular weight is 211 g/mol. The quantitative estimate of drug-likeness (QED) is 0.800. The first kappa shape index (κ1) is 16.2. The largest absolute Gasteiger partial charge is 0.392 e. The second-order valence-corrected chi connectivity index (χ2v) is 2.50. The van der Waals surface area contributed by atoms with Gasteiger partial charge in [-0.1, -0.05) is 38.1 Å². The molecule has 1 aromatic rings. The van der Waals surface area contributed by atoms with Crippen LogP contribution in [0.15, 0.2) is 24.3 Å². The summed E-state index contributed by atoms with van der Waals surface area (Å²) in [6.07, 6.45) is 0. The zero-order valence-corrected chi connectivity index (χ0v) is 9.79. The smallest absolute Gasteiger partial charge is 0.106 e. The lowest BCUT2D eigenvalue weighted by atomic mass is 10.1. The van der Waals surface area contributed by atoms with Crippen LogP contribution in [0, 0.1) is 0 Å². The Morgan fingerprint density at radius 1 is 1.13 bits per heavy atom. The minimum absolute atomic E-state index is 0.125. The Morgan fingerprint density at radius 3 is 1.87 bits per heavy atom. The Hall–Kier alpha value is -1.19. The van der Waals surface area contributed by atoms with Crippen LogP contribution in [0.25, 0.3) is 0 Å². The van der Waals surface area contributed by atoms with Gasteiger partial charge in [0.15, 0.2) is 0 Å². The van der Waals surface area contributed by atoms with Crippen molar-refractivity contribution in [1.82, 2.24) is 5.32 Å². The SMILES string of the molecule is C=O.CC.CNCc1ccc(CO)cc1. The average Bonchev–Trinajstić information content (AvgIpc) is 2.36. The maximum Gasteiger partial charge on any atom is 0.106 e. The third kappa shape index (κ3) is 7.85. The van der Waals surface area contributed by atoms with Gasteiger partial charge in [-0.25, -0.2) is 0 Å². The fourth-order valence-electron chi connectivity index (χ4n) is 0.967. The van der Waals surface area contributed by atoms with E-state index in [4.69, 9.17) is 9.90 Å². The van der Waals surface area contributed by atoms with E-state index >= 15 is 0 Å². The van der Waals surface area contributed by atoms with E-state index in [9.17, 15) is 0 Å². The molecule has 0 atom stereocenters. The van der Waals surface area contributed by atoms with E-state index in [1.165, 1.54) is 5.56 Å². The second-order valence-electron chi connectivity index (χ2n) is 2.50. The van der Waals surface area contributed by atoms with Crippen LogP contribution in [-0.2, 0) is 17.9 Å². The summed E-state index contributed by atoms with van der Waals surface area (Å²) in [5.74, 6) is 0. The van der Waals surface area contributed by atoms with Crippen LogP contribution in [0.5, 0.6) is 0 Å². The van der Waals surface area contributed by atoms with E-state index in [1.54, 1.807) is 0 Å². The molecule has 0 aliphatic carbocycles. The summed E-state index contributed by atoms with van der Waals surface area (Å²) in [5.41, 5.74) is 2.20. The zero-order chi connectivity index (χ0) is 12.1. The van der Waals surface area contributed by atoms with Crippen molar-refractivity contribution in [2.45, 2.75) is 27.0 Å². The van der Waals surface area contributed by atoms with Gasteiger partial charge in [-0.15, -0.1) is 0 Å². The predicted molar refractivity (Wildman–Crippen MR) is 63.6 cm³/mol. The van der Waals surface area contributed by atoms with Gasteiger partial charge in [-0.2, -0.15) is 0 Å². The molecule has 15 heavy (non-hydrogen) atoms. The zero-order valence-electron chi connectivity index (χ0n) is 9.79. The number of aliphatic hydroxyl groups excluding tert-OH is 1. The lowest BCUT2D eigenvalue weighted by Crippen LogP contribution is -2.04. The highest BCUT2D eigenvalue weighted by molar-refractivity contribution is 5.21. The molecule has 0 unspecified atom stereocenters. The van der Waals surface area contributed by atoms with Gasteiger partial charge in [0, 0.05) is 6.54 Å². The fraction of sp³-hybridized carbons (Fsp3) is 0.417. The van der Waals surface area contributed by atoms with Gasteiger partial charge >= 0.3 is 0 Å². The monoisotopic (exact) mass is 211 g/mol. The van der Waals surface area contributed by atoms with E-state index < -0.39 is 0 Å². The molecule has 86 valence electrons. The molecule has 2 N–H and O–H groups in total. The molecule has 0 aliphatic rings. The Bertz CT molecular complexity index is 222. The van der Waals surface area contributed by atoms with Gasteiger partial charge in [0.25, 0.3) is 0 Å². The molecule has 0 spiro atoms. The number of hydrogen-bond acceptors (Lipinski definition) is 3. The number of rotatable bonds is 3. The normalized spacial score (nSPS) is 8.00. The van der Waals surface area contributed by atoms with Crippen LogP contribution < -0.4 is 5.32 Å². The van der Waals surface area contributed by atoms with Crippen LogP contribution in [0.1, 0.15) is 25.0 Å². The predicted octanol–water partition coefficient (Wildman–Crippen LogP) is 1.74. The Kier molecular flexibility index (Phi) is 13.9. The molecule has 0 aromatic heterocycles. The van der Waals surface area contributed by atoms with E-state index in [1.807, 2.05) is 51.9 Å². The van der Waals surface area contributed by atoms with E-state index in [0.717, 1.165) is 12.1 Å². The molecular weight excluding hydrogens is 190 g/mol. The van der Waals surface area contributed by atoms with Crippen molar-refractivity contribution >= 4 is 6.79 Å². The molecule has 3 nitrogen and oxygen atoms in total. The van der Waals surface area contributed by atoms with Crippen molar-refractivity contribution in [2.24, 2.45) is 0 Å². The first-order valence-corrected chi connectivity index (χ1v) is 4.99. The van der Waals surface area contributed by atoms with Gasteiger partial charge in [0.1, 0.15) is 6.79 Å². The molecule has 1 aromatic carbocycles. The van der Waals surface area contributed by atoms with Crippen molar-refractivity contribution in [3.05, 3.63) is 35.4 Å². The van der Waals surface area contributed by atoms with Crippen LogP contribution in [0.4, 0.5) is 0 Å². The standard InChI is InChI=1S/C9H13NO.C2H6.CH2O/c1-10-6-8-2-4-9(7-11)5-3-8;2*1-2/h2-5,10-11H,6-7H2,1H3;1-2H3;1H2. The van der Waals surface area contributed by atoms with Crippen molar-refractivity contribution in [3.8, 4) is 0 Å². The molecule has 0 saturated heterocycles. The first-order chi connectivity index (χ1) is 7.36. The summed E-state index contributed by atoms with van der Waals surface area (Å²) in [6.45, 7) is 7.01. The molecule has 0 aliphatic heterocycles. The van der Waals surface area contributed by atoms with Crippen molar-refractivity contribution in [1.29, 1.82) is 0 Å². The maximum absolute atomic E-state index is 8.74. The van der Waals surface area contributed by atoms with Crippen LogP contribution in [0.3, 0.4) is 0 Å². The lowest BCUT2D eigenvalue weighted by Gasteiger charge is -2.00. The highest BCUT2D eigenvalue weighted by Gasteiger charge is 1.90. The van der Waals surface area contributed by atoms with Gasteiger partial charge in [-0.3, -0.25) is 0 Å². The minimum atomic E-state index is 0.125. The molecular formula is C12H21NO2. The molecule has 0 heterocycles. The molecule has 0 saturated carbocycles. The summed E-state index contributed by atoms with van der Waals surface area (Å²) in [6, 6.07) is 7.91. The Morgan fingerprint density at radius 2 is 1.53 bits per heavy atom. The number of benzene rings is 1. The Labute approximate surface area is 92.1 Å². The van der Waals surface area contributed by atoms with Crippen molar-refractivity contribution in [3.63, 3.8) is 0 Å². The lowest BCUT2D eigenvalue weighted by molar-refractivity contribution is -0.0979. The van der Waals surface area contributed by atoms with E-state index in [2.05, 4.69) is 5.32 Å². The number of hydrogen-bond donors (Lipinski definition) is 2. The third-order valence-electron chi connectivity index (χ3n) is 1.59. The summed E-state index contributed by atoms with van der Waals surface area (Å²) in [4.78, 5) is 8.00. The van der Waals surface area contributed by atoms with Crippen LogP contribution in [-0.4, -0.2) is 18.9 Å².